The first-order valence-corrected chi connectivity index (χ1v) is 5.14. The van der Waals surface area contributed by atoms with E-state index in [4.69, 9.17) is 16.3 Å². The summed E-state index contributed by atoms with van der Waals surface area (Å²) in [4.78, 5) is 3.96. The molecule has 1 aliphatic heterocycles. The van der Waals surface area contributed by atoms with Crippen LogP contribution in [0.2, 0.25) is 5.02 Å². The zero-order valence-corrected chi connectivity index (χ0v) is 8.79. The summed E-state index contributed by atoms with van der Waals surface area (Å²) < 4.78 is 5.69. The second kappa shape index (κ2) is 4.15. The van der Waals surface area contributed by atoms with Crippen molar-refractivity contribution < 1.29 is 4.74 Å². The van der Waals surface area contributed by atoms with Gasteiger partial charge in [-0.25, -0.2) is 0 Å². The standard InChI is InChI=1S/C10H13ClN2O/c1-7(10-2-3-13-10)14-9-4-8(11)5-12-6-9/h4-7,10,13H,2-3H2,1H3/t7-,10-/m0/s1. The maximum Gasteiger partial charge on any atom is 0.139 e. The van der Waals surface area contributed by atoms with Crippen molar-refractivity contribution in [1.29, 1.82) is 0 Å². The van der Waals surface area contributed by atoms with Crippen LogP contribution in [0.25, 0.3) is 0 Å². The van der Waals surface area contributed by atoms with Crippen LogP contribution >= 0.6 is 11.6 Å². The molecule has 1 aromatic rings. The Morgan fingerprint density at radius 1 is 1.64 bits per heavy atom. The fourth-order valence-electron chi connectivity index (χ4n) is 1.47. The molecule has 0 spiro atoms. The Labute approximate surface area is 88.4 Å². The minimum Gasteiger partial charge on any atom is -0.487 e. The Morgan fingerprint density at radius 3 is 3.00 bits per heavy atom. The van der Waals surface area contributed by atoms with Crippen molar-refractivity contribution in [2.24, 2.45) is 0 Å². The van der Waals surface area contributed by atoms with Gasteiger partial charge in [0.1, 0.15) is 11.9 Å². The number of rotatable bonds is 3. The summed E-state index contributed by atoms with van der Waals surface area (Å²) in [6.45, 7) is 3.14. The van der Waals surface area contributed by atoms with Crippen molar-refractivity contribution in [3.05, 3.63) is 23.5 Å². The number of halogens is 1. The maximum atomic E-state index is 5.80. The fourth-order valence-corrected chi connectivity index (χ4v) is 1.63. The molecular formula is C10H13ClN2O. The molecule has 1 aromatic heterocycles. The van der Waals surface area contributed by atoms with Crippen LogP contribution in [0.3, 0.4) is 0 Å². The maximum absolute atomic E-state index is 5.80. The van der Waals surface area contributed by atoms with Crippen LogP contribution in [0, 0.1) is 0 Å². The summed E-state index contributed by atoms with van der Waals surface area (Å²) >= 11 is 5.80. The molecule has 2 heterocycles. The van der Waals surface area contributed by atoms with Gasteiger partial charge < -0.3 is 10.1 Å². The number of ether oxygens (including phenoxy) is 1. The predicted molar refractivity (Wildman–Crippen MR) is 55.7 cm³/mol. The lowest BCUT2D eigenvalue weighted by Crippen LogP contribution is -2.51. The number of pyridine rings is 1. The lowest BCUT2D eigenvalue weighted by Gasteiger charge is -2.33. The molecule has 0 radical (unpaired) electrons. The largest absolute Gasteiger partial charge is 0.487 e. The van der Waals surface area contributed by atoms with Crippen molar-refractivity contribution in [3.8, 4) is 5.75 Å². The van der Waals surface area contributed by atoms with Gasteiger partial charge in [-0.15, -0.1) is 0 Å². The fraction of sp³-hybridized carbons (Fsp3) is 0.500. The molecule has 14 heavy (non-hydrogen) atoms. The van der Waals surface area contributed by atoms with Crippen molar-refractivity contribution in [3.63, 3.8) is 0 Å². The van der Waals surface area contributed by atoms with E-state index >= 15 is 0 Å². The van der Waals surface area contributed by atoms with Crippen LogP contribution in [-0.2, 0) is 0 Å². The van der Waals surface area contributed by atoms with Crippen molar-refractivity contribution in [2.75, 3.05) is 6.54 Å². The molecule has 0 amide bonds. The van der Waals surface area contributed by atoms with Gasteiger partial charge in [0.2, 0.25) is 0 Å². The first-order valence-electron chi connectivity index (χ1n) is 4.76. The second-order valence-corrected chi connectivity index (χ2v) is 3.95. The highest BCUT2D eigenvalue weighted by Crippen LogP contribution is 2.19. The normalized spacial score (nSPS) is 22.6. The average Bonchev–Trinajstić information content (AvgIpc) is 1.99. The quantitative estimate of drug-likeness (QED) is 0.831. The number of nitrogens with one attached hydrogen (secondary N) is 1. The summed E-state index contributed by atoms with van der Waals surface area (Å²) in [5.41, 5.74) is 0. The summed E-state index contributed by atoms with van der Waals surface area (Å²) in [6, 6.07) is 2.25. The molecule has 76 valence electrons. The SMILES string of the molecule is C[C@H](Oc1cncc(Cl)c1)[C@@H]1CCN1. The van der Waals surface area contributed by atoms with Crippen LogP contribution in [0.15, 0.2) is 18.5 Å². The van der Waals surface area contributed by atoms with Crippen LogP contribution in [0.4, 0.5) is 0 Å². The summed E-state index contributed by atoms with van der Waals surface area (Å²) in [7, 11) is 0. The summed E-state index contributed by atoms with van der Waals surface area (Å²) in [6.07, 6.45) is 4.63. The van der Waals surface area contributed by atoms with Gasteiger partial charge in [0.05, 0.1) is 11.2 Å². The average molecular weight is 213 g/mol. The van der Waals surface area contributed by atoms with E-state index in [2.05, 4.69) is 17.2 Å². The Balaban J connectivity index is 1.95. The zero-order valence-electron chi connectivity index (χ0n) is 8.03. The molecule has 2 atom stereocenters. The van der Waals surface area contributed by atoms with Crippen molar-refractivity contribution >= 4 is 11.6 Å². The molecule has 0 bridgehead atoms. The highest BCUT2D eigenvalue weighted by atomic mass is 35.5. The molecule has 1 fully saturated rings. The lowest BCUT2D eigenvalue weighted by molar-refractivity contribution is 0.133. The molecule has 1 N–H and O–H groups in total. The van der Waals surface area contributed by atoms with Crippen LogP contribution in [0.5, 0.6) is 5.75 Å². The van der Waals surface area contributed by atoms with Gasteiger partial charge in [-0.3, -0.25) is 4.98 Å². The molecule has 0 saturated carbocycles. The number of hydrogen-bond donors (Lipinski definition) is 1. The minimum absolute atomic E-state index is 0.170. The minimum atomic E-state index is 0.170. The van der Waals surface area contributed by atoms with Crippen LogP contribution < -0.4 is 10.1 Å². The highest BCUT2D eigenvalue weighted by Gasteiger charge is 2.24. The predicted octanol–water partition coefficient (Wildman–Crippen LogP) is 1.86. The molecule has 0 unspecified atom stereocenters. The number of aromatic nitrogens is 1. The van der Waals surface area contributed by atoms with Gasteiger partial charge in [-0.1, -0.05) is 11.6 Å². The smallest absolute Gasteiger partial charge is 0.139 e. The van der Waals surface area contributed by atoms with E-state index in [0.717, 1.165) is 12.3 Å². The molecule has 0 aromatic carbocycles. The first-order chi connectivity index (χ1) is 6.75. The van der Waals surface area contributed by atoms with E-state index in [0.29, 0.717) is 11.1 Å². The Bertz CT molecular complexity index is 315. The number of nitrogens with zero attached hydrogens (tertiary/aromatic N) is 1. The van der Waals surface area contributed by atoms with Gasteiger partial charge in [-0.05, 0) is 19.9 Å². The number of hydrogen-bond acceptors (Lipinski definition) is 3. The Hall–Kier alpha value is -0.800. The molecule has 0 aliphatic carbocycles. The van der Waals surface area contributed by atoms with E-state index < -0.39 is 0 Å². The van der Waals surface area contributed by atoms with E-state index in [1.54, 1.807) is 18.5 Å². The topological polar surface area (TPSA) is 34.1 Å². The molecule has 1 aliphatic rings. The zero-order chi connectivity index (χ0) is 9.97. The Morgan fingerprint density at radius 2 is 2.43 bits per heavy atom. The third kappa shape index (κ3) is 2.16. The van der Waals surface area contributed by atoms with Gasteiger partial charge >= 0.3 is 0 Å². The van der Waals surface area contributed by atoms with E-state index in [-0.39, 0.29) is 6.10 Å². The van der Waals surface area contributed by atoms with E-state index in [9.17, 15) is 0 Å². The molecule has 3 nitrogen and oxygen atoms in total. The third-order valence-corrected chi connectivity index (χ3v) is 2.64. The molecule has 4 heteroatoms. The van der Waals surface area contributed by atoms with Crippen molar-refractivity contribution in [1.82, 2.24) is 10.3 Å². The van der Waals surface area contributed by atoms with E-state index in [1.165, 1.54) is 6.42 Å². The van der Waals surface area contributed by atoms with Crippen LogP contribution in [0.1, 0.15) is 13.3 Å². The summed E-state index contributed by atoms with van der Waals surface area (Å²) in [5, 5.41) is 3.91. The molecule has 2 rings (SSSR count). The van der Waals surface area contributed by atoms with Crippen molar-refractivity contribution in [2.45, 2.75) is 25.5 Å². The van der Waals surface area contributed by atoms with Gasteiger partial charge in [0.15, 0.2) is 0 Å². The monoisotopic (exact) mass is 212 g/mol. The highest BCUT2D eigenvalue weighted by molar-refractivity contribution is 6.30. The second-order valence-electron chi connectivity index (χ2n) is 3.51. The van der Waals surface area contributed by atoms with Gasteiger partial charge in [0.25, 0.3) is 0 Å². The lowest BCUT2D eigenvalue weighted by atomic mass is 10.0. The molecule has 1 saturated heterocycles. The van der Waals surface area contributed by atoms with E-state index in [1.807, 2.05) is 0 Å². The Kier molecular flexibility index (Phi) is 2.89. The molecular weight excluding hydrogens is 200 g/mol. The van der Waals surface area contributed by atoms with Gasteiger partial charge in [-0.2, -0.15) is 0 Å². The summed E-state index contributed by atoms with van der Waals surface area (Å²) in [5.74, 6) is 0.735. The van der Waals surface area contributed by atoms with Crippen LogP contribution in [-0.4, -0.2) is 23.7 Å². The first kappa shape index (κ1) is 9.74. The third-order valence-electron chi connectivity index (χ3n) is 2.43. The van der Waals surface area contributed by atoms with Gasteiger partial charge in [0, 0.05) is 18.3 Å².